The van der Waals surface area contributed by atoms with Crippen LogP contribution in [-0.2, 0) is 11.2 Å². The monoisotopic (exact) mass is 265 g/mol. The van der Waals surface area contributed by atoms with Gasteiger partial charge in [0.15, 0.2) is 0 Å². The van der Waals surface area contributed by atoms with Crippen molar-refractivity contribution in [3.8, 4) is 0 Å². The lowest BCUT2D eigenvalue weighted by molar-refractivity contribution is -0.142. The van der Waals surface area contributed by atoms with E-state index in [0.717, 1.165) is 12.8 Å². The van der Waals surface area contributed by atoms with Crippen LogP contribution in [0.3, 0.4) is 0 Å². The van der Waals surface area contributed by atoms with Gasteiger partial charge in [-0.2, -0.15) is 0 Å². The van der Waals surface area contributed by atoms with Gasteiger partial charge in [-0.15, -0.1) is 0 Å². The Hall–Kier alpha value is -1.85. The summed E-state index contributed by atoms with van der Waals surface area (Å²) < 4.78 is 0. The number of aryl methyl sites for hydroxylation is 1. The molecule has 6 heteroatoms. The van der Waals surface area contributed by atoms with Gasteiger partial charge in [0.25, 0.3) is 5.56 Å². The van der Waals surface area contributed by atoms with Crippen LogP contribution in [0.25, 0.3) is 0 Å². The van der Waals surface area contributed by atoms with E-state index in [9.17, 15) is 9.59 Å². The van der Waals surface area contributed by atoms with Crippen molar-refractivity contribution in [1.82, 2.24) is 9.97 Å². The average Bonchev–Trinajstić information content (AvgIpc) is 2.41. The molecule has 2 heterocycles. The van der Waals surface area contributed by atoms with Gasteiger partial charge < -0.3 is 10.0 Å². The predicted molar refractivity (Wildman–Crippen MR) is 71.4 cm³/mol. The van der Waals surface area contributed by atoms with Crippen molar-refractivity contribution in [3.63, 3.8) is 0 Å². The lowest BCUT2D eigenvalue weighted by Gasteiger charge is -2.30. The fourth-order valence-electron chi connectivity index (χ4n) is 2.36. The molecule has 0 saturated carbocycles. The maximum atomic E-state index is 11.8. The zero-order valence-corrected chi connectivity index (χ0v) is 11.1. The molecule has 0 aliphatic carbocycles. The van der Waals surface area contributed by atoms with Crippen LogP contribution in [0.5, 0.6) is 0 Å². The number of carboxylic acids is 1. The molecule has 0 spiro atoms. The van der Waals surface area contributed by atoms with Crippen molar-refractivity contribution in [2.24, 2.45) is 5.92 Å². The molecule has 104 valence electrons. The van der Waals surface area contributed by atoms with Crippen molar-refractivity contribution in [1.29, 1.82) is 0 Å². The summed E-state index contributed by atoms with van der Waals surface area (Å²) in [6.45, 7) is 3.25. The molecule has 0 bridgehead atoms. The number of hydrogen-bond donors (Lipinski definition) is 2. The van der Waals surface area contributed by atoms with Crippen molar-refractivity contribution in [3.05, 3.63) is 22.1 Å². The zero-order valence-electron chi connectivity index (χ0n) is 11.1. The Morgan fingerprint density at radius 3 is 2.74 bits per heavy atom. The molecule has 1 aromatic rings. The van der Waals surface area contributed by atoms with Gasteiger partial charge in [0.2, 0.25) is 5.95 Å². The van der Waals surface area contributed by atoms with Crippen molar-refractivity contribution in [2.75, 3.05) is 18.0 Å². The molecule has 2 rings (SSSR count). The van der Waals surface area contributed by atoms with Gasteiger partial charge in [-0.1, -0.05) is 13.3 Å². The molecule has 0 unspecified atom stereocenters. The quantitative estimate of drug-likeness (QED) is 0.849. The van der Waals surface area contributed by atoms with Gasteiger partial charge in [0, 0.05) is 24.8 Å². The third-order valence-corrected chi connectivity index (χ3v) is 3.52. The van der Waals surface area contributed by atoms with Crippen molar-refractivity contribution in [2.45, 2.75) is 32.6 Å². The number of aromatic nitrogens is 2. The highest BCUT2D eigenvalue weighted by molar-refractivity contribution is 5.70. The van der Waals surface area contributed by atoms with Crippen LogP contribution in [0, 0.1) is 5.92 Å². The van der Waals surface area contributed by atoms with Gasteiger partial charge in [-0.3, -0.25) is 14.6 Å². The molecule has 0 radical (unpaired) electrons. The Morgan fingerprint density at radius 2 is 2.21 bits per heavy atom. The standard InChI is InChI=1S/C13H19N3O3/c1-2-3-10-8-14-13(15-11(10)17)16-6-4-9(5-7-16)12(18)19/h8-9H,2-7H2,1H3,(H,18,19)(H,14,15,17). The van der Waals surface area contributed by atoms with E-state index in [4.69, 9.17) is 5.11 Å². The van der Waals surface area contributed by atoms with E-state index >= 15 is 0 Å². The summed E-state index contributed by atoms with van der Waals surface area (Å²) in [7, 11) is 0. The summed E-state index contributed by atoms with van der Waals surface area (Å²) in [5, 5.41) is 8.94. The fourth-order valence-corrected chi connectivity index (χ4v) is 2.36. The molecule has 19 heavy (non-hydrogen) atoms. The third kappa shape index (κ3) is 3.13. The summed E-state index contributed by atoms with van der Waals surface area (Å²) in [6.07, 6.45) is 4.45. The highest BCUT2D eigenvalue weighted by Crippen LogP contribution is 2.20. The van der Waals surface area contributed by atoms with E-state index in [1.54, 1.807) is 6.20 Å². The minimum absolute atomic E-state index is 0.0905. The summed E-state index contributed by atoms with van der Waals surface area (Å²) in [6, 6.07) is 0. The number of hydrogen-bond acceptors (Lipinski definition) is 4. The lowest BCUT2D eigenvalue weighted by atomic mass is 9.97. The Labute approximate surface area is 111 Å². The maximum Gasteiger partial charge on any atom is 0.306 e. The van der Waals surface area contributed by atoms with E-state index < -0.39 is 5.97 Å². The Balaban J connectivity index is 2.06. The molecule has 0 amide bonds. The number of rotatable bonds is 4. The van der Waals surface area contributed by atoms with E-state index in [2.05, 4.69) is 9.97 Å². The number of carboxylic acid groups (broad SMARTS) is 1. The van der Waals surface area contributed by atoms with Crippen LogP contribution in [0.2, 0.25) is 0 Å². The molecule has 1 saturated heterocycles. The summed E-state index contributed by atoms with van der Waals surface area (Å²) in [5.74, 6) is -0.463. The first-order valence-electron chi connectivity index (χ1n) is 6.67. The Bertz CT molecular complexity index is 504. The smallest absolute Gasteiger partial charge is 0.306 e. The van der Waals surface area contributed by atoms with Gasteiger partial charge in [-0.25, -0.2) is 4.98 Å². The van der Waals surface area contributed by atoms with E-state index in [1.165, 1.54) is 0 Å². The lowest BCUT2D eigenvalue weighted by Crippen LogP contribution is -2.38. The molecule has 1 aliphatic heterocycles. The van der Waals surface area contributed by atoms with Gasteiger partial charge in [0.05, 0.1) is 5.92 Å². The first-order chi connectivity index (χ1) is 9.11. The van der Waals surface area contributed by atoms with E-state index in [1.807, 2.05) is 11.8 Å². The summed E-state index contributed by atoms with van der Waals surface area (Å²) >= 11 is 0. The number of carbonyl (C=O) groups is 1. The molecule has 6 nitrogen and oxygen atoms in total. The Kier molecular flexibility index (Phi) is 4.19. The van der Waals surface area contributed by atoms with Crippen LogP contribution in [-0.4, -0.2) is 34.1 Å². The SMILES string of the molecule is CCCc1cnc(N2CCC(C(=O)O)CC2)[nH]c1=O. The molecule has 1 aromatic heterocycles. The summed E-state index contributed by atoms with van der Waals surface area (Å²) in [4.78, 5) is 31.7. The number of aliphatic carboxylic acids is 1. The normalized spacial score (nSPS) is 16.6. The highest BCUT2D eigenvalue weighted by Gasteiger charge is 2.25. The molecule has 0 atom stereocenters. The molecule has 1 fully saturated rings. The number of nitrogens with one attached hydrogen (secondary N) is 1. The molecule has 2 N–H and O–H groups in total. The van der Waals surface area contributed by atoms with Crippen LogP contribution >= 0.6 is 0 Å². The molecule has 0 aromatic carbocycles. The topological polar surface area (TPSA) is 86.3 Å². The first-order valence-corrected chi connectivity index (χ1v) is 6.67. The second-order valence-corrected chi connectivity index (χ2v) is 4.91. The van der Waals surface area contributed by atoms with Crippen molar-refractivity contribution < 1.29 is 9.90 Å². The van der Waals surface area contributed by atoms with Crippen LogP contribution in [0.15, 0.2) is 11.0 Å². The van der Waals surface area contributed by atoms with Crippen LogP contribution in [0.4, 0.5) is 5.95 Å². The second kappa shape index (κ2) is 5.86. The largest absolute Gasteiger partial charge is 0.481 e. The van der Waals surface area contributed by atoms with Gasteiger partial charge in [0.1, 0.15) is 0 Å². The predicted octanol–water partition coefficient (Wildman–Crippen LogP) is 1.02. The molecular formula is C13H19N3O3. The fraction of sp³-hybridized carbons (Fsp3) is 0.615. The second-order valence-electron chi connectivity index (χ2n) is 4.91. The van der Waals surface area contributed by atoms with Crippen LogP contribution < -0.4 is 10.5 Å². The van der Waals surface area contributed by atoms with E-state index in [0.29, 0.717) is 37.4 Å². The van der Waals surface area contributed by atoms with Crippen molar-refractivity contribution >= 4 is 11.9 Å². The first kappa shape index (κ1) is 13.6. The number of H-pyrrole nitrogens is 1. The zero-order chi connectivity index (χ0) is 13.8. The van der Waals surface area contributed by atoms with E-state index in [-0.39, 0.29) is 11.5 Å². The number of nitrogens with zero attached hydrogens (tertiary/aromatic N) is 2. The van der Waals surface area contributed by atoms with Crippen LogP contribution in [0.1, 0.15) is 31.7 Å². The average molecular weight is 265 g/mol. The summed E-state index contributed by atoms with van der Waals surface area (Å²) in [5.41, 5.74) is 0.610. The molecular weight excluding hydrogens is 246 g/mol. The minimum atomic E-state index is -0.737. The van der Waals surface area contributed by atoms with Gasteiger partial charge >= 0.3 is 5.97 Å². The minimum Gasteiger partial charge on any atom is -0.481 e. The maximum absolute atomic E-state index is 11.8. The number of aromatic amines is 1. The van der Waals surface area contributed by atoms with Gasteiger partial charge in [-0.05, 0) is 19.3 Å². The molecule has 1 aliphatic rings. The number of piperidine rings is 1. The third-order valence-electron chi connectivity index (χ3n) is 3.52. The highest BCUT2D eigenvalue weighted by atomic mass is 16.4. The Morgan fingerprint density at radius 1 is 1.53 bits per heavy atom. The number of anilines is 1.